The summed E-state index contributed by atoms with van der Waals surface area (Å²) in [7, 11) is -1.70. The van der Waals surface area contributed by atoms with Crippen molar-refractivity contribution in [1.82, 2.24) is 9.21 Å². The predicted molar refractivity (Wildman–Crippen MR) is 77.4 cm³/mol. The molecule has 0 radical (unpaired) electrons. The first-order chi connectivity index (χ1) is 9.32. The monoisotopic (exact) mass is 362 g/mol. The zero-order chi connectivity index (χ0) is 14.9. The number of halogens is 1. The second-order valence-electron chi connectivity index (χ2n) is 4.65. The molecule has 0 aromatic heterocycles. The smallest absolute Gasteiger partial charge is 0.336 e. The van der Waals surface area contributed by atoms with Crippen LogP contribution in [0.4, 0.5) is 0 Å². The fourth-order valence-electron chi connectivity index (χ4n) is 2.01. The van der Waals surface area contributed by atoms with Crippen molar-refractivity contribution in [2.24, 2.45) is 0 Å². The van der Waals surface area contributed by atoms with Gasteiger partial charge in [0.25, 0.3) is 0 Å². The minimum Gasteiger partial charge on any atom is -0.478 e. The lowest BCUT2D eigenvalue weighted by Gasteiger charge is -2.31. The van der Waals surface area contributed by atoms with Gasteiger partial charge in [0, 0.05) is 30.7 Å². The van der Waals surface area contributed by atoms with Gasteiger partial charge in [0.2, 0.25) is 10.0 Å². The van der Waals surface area contributed by atoms with Crippen LogP contribution in [0.5, 0.6) is 0 Å². The lowest BCUT2D eigenvalue weighted by atomic mass is 10.2. The summed E-state index contributed by atoms with van der Waals surface area (Å²) < 4.78 is 26.7. The van der Waals surface area contributed by atoms with E-state index in [1.54, 1.807) is 0 Å². The maximum Gasteiger partial charge on any atom is 0.336 e. The summed E-state index contributed by atoms with van der Waals surface area (Å²) >= 11 is 3.11. The van der Waals surface area contributed by atoms with Gasteiger partial charge in [0.15, 0.2) is 0 Å². The van der Waals surface area contributed by atoms with E-state index in [1.165, 1.54) is 22.5 Å². The van der Waals surface area contributed by atoms with E-state index >= 15 is 0 Å². The first kappa shape index (κ1) is 15.4. The predicted octanol–water partition coefficient (Wildman–Crippen LogP) is 1.08. The third-order valence-corrected chi connectivity index (χ3v) is 5.85. The second-order valence-corrected chi connectivity index (χ2v) is 7.45. The van der Waals surface area contributed by atoms with Crippen molar-refractivity contribution in [3.63, 3.8) is 0 Å². The molecule has 0 amide bonds. The minimum absolute atomic E-state index is 0.0163. The average molecular weight is 363 g/mol. The van der Waals surface area contributed by atoms with Gasteiger partial charge >= 0.3 is 5.97 Å². The van der Waals surface area contributed by atoms with Crippen LogP contribution < -0.4 is 0 Å². The molecule has 1 aliphatic rings. The highest BCUT2D eigenvalue weighted by atomic mass is 79.9. The van der Waals surface area contributed by atoms with Crippen LogP contribution in [0, 0.1) is 0 Å². The maximum atomic E-state index is 12.5. The van der Waals surface area contributed by atoms with E-state index in [1.807, 2.05) is 7.05 Å². The summed E-state index contributed by atoms with van der Waals surface area (Å²) in [6.45, 7) is 2.16. The normalized spacial score (nSPS) is 18.1. The summed E-state index contributed by atoms with van der Waals surface area (Å²) in [5.41, 5.74) is -0.0554. The van der Waals surface area contributed by atoms with Gasteiger partial charge < -0.3 is 10.0 Å². The van der Waals surface area contributed by atoms with Crippen molar-refractivity contribution >= 4 is 31.9 Å². The van der Waals surface area contributed by atoms with Crippen LogP contribution in [-0.4, -0.2) is 61.9 Å². The summed E-state index contributed by atoms with van der Waals surface area (Å²) in [4.78, 5) is 13.1. The number of likely N-dealkylation sites (N-methyl/N-ethyl adjacent to an activating group) is 1. The fraction of sp³-hybridized carbons (Fsp3) is 0.417. The number of benzene rings is 1. The average Bonchev–Trinajstić information content (AvgIpc) is 2.39. The van der Waals surface area contributed by atoms with Gasteiger partial charge in [-0.1, -0.05) is 0 Å². The summed E-state index contributed by atoms with van der Waals surface area (Å²) in [5, 5.41) is 9.06. The molecule has 6 nitrogen and oxygen atoms in total. The largest absolute Gasteiger partial charge is 0.478 e. The van der Waals surface area contributed by atoms with Crippen molar-refractivity contribution in [3.8, 4) is 0 Å². The molecular formula is C12H15BrN2O4S. The number of carbonyl (C=O) groups is 1. The van der Waals surface area contributed by atoms with E-state index < -0.39 is 16.0 Å². The second kappa shape index (κ2) is 5.80. The van der Waals surface area contributed by atoms with E-state index in [4.69, 9.17) is 5.11 Å². The number of rotatable bonds is 3. The Morgan fingerprint density at radius 2 is 1.85 bits per heavy atom. The van der Waals surface area contributed by atoms with Gasteiger partial charge in [-0.3, -0.25) is 0 Å². The van der Waals surface area contributed by atoms with E-state index in [0.29, 0.717) is 30.7 Å². The number of hydrogen-bond donors (Lipinski definition) is 1. The highest BCUT2D eigenvalue weighted by Gasteiger charge is 2.28. The van der Waals surface area contributed by atoms with Crippen LogP contribution in [-0.2, 0) is 10.0 Å². The molecule has 1 heterocycles. The summed E-state index contributed by atoms with van der Waals surface area (Å²) in [5.74, 6) is -1.16. The van der Waals surface area contributed by atoms with Crippen LogP contribution >= 0.6 is 15.9 Å². The Bertz CT molecular complexity index is 624. The first-order valence-corrected chi connectivity index (χ1v) is 8.27. The van der Waals surface area contributed by atoms with Gasteiger partial charge in [-0.25, -0.2) is 13.2 Å². The number of nitrogens with zero attached hydrogens (tertiary/aromatic N) is 2. The van der Waals surface area contributed by atoms with Crippen LogP contribution in [0.3, 0.4) is 0 Å². The molecule has 1 aromatic carbocycles. The molecule has 20 heavy (non-hydrogen) atoms. The maximum absolute atomic E-state index is 12.5. The van der Waals surface area contributed by atoms with Crippen LogP contribution in [0.25, 0.3) is 0 Å². The van der Waals surface area contributed by atoms with Crippen molar-refractivity contribution < 1.29 is 18.3 Å². The number of sulfonamides is 1. The van der Waals surface area contributed by atoms with E-state index in [-0.39, 0.29) is 10.5 Å². The molecule has 2 rings (SSSR count). The number of carboxylic acid groups (broad SMARTS) is 1. The molecular weight excluding hydrogens is 348 g/mol. The Hall–Kier alpha value is -0.960. The highest BCUT2D eigenvalue weighted by Crippen LogP contribution is 2.24. The molecule has 0 atom stereocenters. The zero-order valence-corrected chi connectivity index (χ0v) is 13.3. The Morgan fingerprint density at radius 3 is 2.40 bits per heavy atom. The Kier molecular flexibility index (Phi) is 4.48. The van der Waals surface area contributed by atoms with Gasteiger partial charge in [-0.05, 0) is 41.2 Å². The molecule has 0 spiro atoms. The van der Waals surface area contributed by atoms with Crippen LogP contribution in [0.1, 0.15) is 10.4 Å². The molecule has 1 fully saturated rings. The Morgan fingerprint density at radius 1 is 1.25 bits per heavy atom. The molecule has 0 unspecified atom stereocenters. The van der Waals surface area contributed by atoms with Crippen LogP contribution in [0.2, 0.25) is 0 Å². The number of hydrogen-bond acceptors (Lipinski definition) is 4. The standard InChI is InChI=1S/C12H15BrN2O4S/c1-14-4-6-15(7-5-14)20(18,19)9-2-3-11(13)10(8-9)12(16)17/h2-3,8H,4-7H2,1H3,(H,16,17). The lowest BCUT2D eigenvalue weighted by molar-refractivity contribution is 0.0695. The minimum atomic E-state index is -3.64. The molecule has 1 aromatic rings. The summed E-state index contributed by atoms with van der Waals surface area (Å²) in [6.07, 6.45) is 0. The van der Waals surface area contributed by atoms with Gasteiger partial charge in [-0.2, -0.15) is 4.31 Å². The van der Waals surface area contributed by atoms with Crippen LogP contribution in [0.15, 0.2) is 27.6 Å². The van der Waals surface area contributed by atoms with Crippen molar-refractivity contribution in [2.45, 2.75) is 4.90 Å². The topological polar surface area (TPSA) is 77.9 Å². The molecule has 1 N–H and O–H groups in total. The molecule has 0 aliphatic carbocycles. The van der Waals surface area contributed by atoms with Gasteiger partial charge in [-0.15, -0.1) is 0 Å². The molecule has 1 aliphatic heterocycles. The van der Waals surface area contributed by atoms with E-state index in [9.17, 15) is 13.2 Å². The molecule has 0 bridgehead atoms. The fourth-order valence-corrected chi connectivity index (χ4v) is 3.87. The van der Waals surface area contributed by atoms with E-state index in [0.717, 1.165) is 0 Å². The van der Waals surface area contributed by atoms with Gasteiger partial charge in [0.1, 0.15) is 0 Å². The van der Waals surface area contributed by atoms with Crippen molar-refractivity contribution in [1.29, 1.82) is 0 Å². The zero-order valence-electron chi connectivity index (χ0n) is 10.9. The number of carboxylic acids is 1. The Labute approximate surface area is 126 Å². The summed E-state index contributed by atoms with van der Waals surface area (Å²) in [6, 6.07) is 4.07. The van der Waals surface area contributed by atoms with Gasteiger partial charge in [0.05, 0.1) is 10.5 Å². The SMILES string of the molecule is CN1CCN(S(=O)(=O)c2ccc(Br)c(C(=O)O)c2)CC1. The number of aromatic carboxylic acids is 1. The highest BCUT2D eigenvalue weighted by molar-refractivity contribution is 9.10. The number of piperazine rings is 1. The molecule has 8 heteroatoms. The molecule has 0 saturated carbocycles. The van der Waals surface area contributed by atoms with Crippen molar-refractivity contribution in [2.75, 3.05) is 33.2 Å². The molecule has 110 valence electrons. The first-order valence-electron chi connectivity index (χ1n) is 6.04. The Balaban J connectivity index is 2.35. The quantitative estimate of drug-likeness (QED) is 0.870. The lowest BCUT2D eigenvalue weighted by Crippen LogP contribution is -2.47. The third kappa shape index (κ3) is 3.03. The van der Waals surface area contributed by atoms with Crippen molar-refractivity contribution in [3.05, 3.63) is 28.2 Å². The molecule has 1 saturated heterocycles. The van der Waals surface area contributed by atoms with E-state index in [2.05, 4.69) is 20.8 Å². The third-order valence-electron chi connectivity index (χ3n) is 3.27.